The summed E-state index contributed by atoms with van der Waals surface area (Å²) >= 11 is 0. The van der Waals surface area contributed by atoms with Gasteiger partial charge in [-0.3, -0.25) is 0 Å². The van der Waals surface area contributed by atoms with Crippen molar-refractivity contribution < 1.29 is 88.7 Å². The lowest BCUT2D eigenvalue weighted by molar-refractivity contribution is -1.02. The number of quaternary nitrogens is 3. The van der Waals surface area contributed by atoms with Gasteiger partial charge in [0, 0.05) is 18.2 Å². The number of morpholine rings is 1. The van der Waals surface area contributed by atoms with E-state index in [4.69, 9.17) is 24.8 Å². The van der Waals surface area contributed by atoms with Gasteiger partial charge in [-0.05, 0) is 37.3 Å². The highest BCUT2D eigenvalue weighted by Crippen LogP contribution is 2.07. The summed E-state index contributed by atoms with van der Waals surface area (Å²) in [5, 5.41) is 62.1. The molecular formula is C32H45N3O15. The first-order valence-corrected chi connectivity index (χ1v) is 15.4. The number of ether oxygens (including phenoxy) is 2. The number of para-hydroxylation sites is 1. The smallest absolute Gasteiger partial charge is 0.328 e. The molecule has 2 aliphatic rings. The molecule has 2 aliphatic heterocycles. The Morgan fingerprint density at radius 1 is 0.700 bits per heavy atom. The summed E-state index contributed by atoms with van der Waals surface area (Å²) in [6, 6.07) is 10.6. The molecule has 18 nitrogen and oxygen atoms in total. The third-order valence-electron chi connectivity index (χ3n) is 6.87. The fraction of sp³-hybridized carbons (Fsp3) is 0.438. The summed E-state index contributed by atoms with van der Waals surface area (Å²) in [6.07, 6.45) is 2.63. The van der Waals surface area contributed by atoms with Gasteiger partial charge in [-0.15, -0.1) is 0 Å². The summed E-state index contributed by atoms with van der Waals surface area (Å²) in [4.78, 5) is 61.6. The molecule has 2 unspecified atom stereocenters. The lowest BCUT2D eigenvalue weighted by Crippen LogP contribution is -3.30. The van der Waals surface area contributed by atoms with Crippen molar-refractivity contribution in [3.63, 3.8) is 0 Å². The molecule has 0 aromatic heterocycles. The lowest BCUT2D eigenvalue weighted by Gasteiger charge is -2.34. The number of carboxylic acids is 6. The van der Waals surface area contributed by atoms with Crippen molar-refractivity contribution in [2.75, 3.05) is 72.2 Å². The van der Waals surface area contributed by atoms with Gasteiger partial charge in [0.25, 0.3) is 0 Å². The molecule has 2 fully saturated rings. The summed E-state index contributed by atoms with van der Waals surface area (Å²) in [7, 11) is 0. The molecule has 2 saturated heterocycles. The monoisotopic (exact) mass is 711 g/mol. The molecule has 50 heavy (non-hydrogen) atoms. The minimum atomic E-state index is -1.51. The van der Waals surface area contributed by atoms with Crippen molar-refractivity contribution in [3.05, 3.63) is 66.8 Å². The first kappa shape index (κ1) is 44.9. The Hall–Kier alpha value is -5.14. The van der Waals surface area contributed by atoms with Crippen LogP contribution in [0.4, 0.5) is 0 Å². The molecule has 1 aromatic rings. The zero-order chi connectivity index (χ0) is 37.9. The maximum Gasteiger partial charge on any atom is 0.328 e. The first-order valence-electron chi connectivity index (χ1n) is 15.4. The molecule has 0 radical (unpaired) electrons. The lowest BCUT2D eigenvalue weighted by atomic mass is 10.2. The van der Waals surface area contributed by atoms with E-state index in [-0.39, 0.29) is 6.10 Å². The highest BCUT2D eigenvalue weighted by molar-refractivity contribution is 5.89. The normalized spacial score (nSPS) is 18.6. The molecule has 1 aromatic carbocycles. The summed E-state index contributed by atoms with van der Waals surface area (Å²) < 4.78 is 11.3. The molecule has 2 atom stereocenters. The van der Waals surface area contributed by atoms with Crippen LogP contribution >= 0.6 is 0 Å². The first-order chi connectivity index (χ1) is 23.6. The van der Waals surface area contributed by atoms with E-state index in [0.717, 1.165) is 77.9 Å². The van der Waals surface area contributed by atoms with Crippen molar-refractivity contribution in [2.45, 2.75) is 19.1 Å². The predicted molar refractivity (Wildman–Crippen MR) is 165 cm³/mol. The zero-order valence-electron chi connectivity index (χ0n) is 27.6. The Labute approximate surface area is 288 Å². The number of aliphatic hydroxyl groups is 1. The van der Waals surface area contributed by atoms with E-state index in [1.54, 1.807) is 9.80 Å². The number of carbonyl (C=O) groups excluding carboxylic acids is 3. The van der Waals surface area contributed by atoms with Crippen molar-refractivity contribution >= 4 is 35.8 Å². The van der Waals surface area contributed by atoms with Gasteiger partial charge in [0.05, 0.1) is 31.1 Å². The average Bonchev–Trinajstić information content (AvgIpc) is 3.06. The Balaban J connectivity index is 0.000000817. The molecule has 0 spiro atoms. The fourth-order valence-corrected chi connectivity index (χ4v) is 4.50. The van der Waals surface area contributed by atoms with Gasteiger partial charge in [-0.25, -0.2) is 14.4 Å². The SMILES string of the molecule is CC(COc1ccccc1)[NH+]1CC[NH+](CC(O)C[NH+]2CCOCC2)CC1.O=C([O-])/C=C/C(=O)O.O=C([O-])/C=C/C(=O)O.O=C([O-])/C=C/C(=O)O. The quantitative estimate of drug-likeness (QED) is 0.0883. The summed E-state index contributed by atoms with van der Waals surface area (Å²) in [5.74, 6) is -7.46. The van der Waals surface area contributed by atoms with Crippen LogP contribution in [0.3, 0.4) is 0 Å². The maximum atomic E-state index is 10.4. The molecule has 2 heterocycles. The van der Waals surface area contributed by atoms with E-state index in [2.05, 4.69) is 6.92 Å². The number of benzene rings is 1. The van der Waals surface area contributed by atoms with Gasteiger partial charge in [0.15, 0.2) is 6.10 Å². The fourth-order valence-electron chi connectivity index (χ4n) is 4.50. The second-order valence-corrected chi connectivity index (χ2v) is 10.8. The van der Waals surface area contributed by atoms with Crippen molar-refractivity contribution in [3.8, 4) is 5.75 Å². The number of rotatable bonds is 14. The van der Waals surface area contributed by atoms with Crippen LogP contribution in [0.1, 0.15) is 6.92 Å². The maximum absolute atomic E-state index is 10.4. The molecule has 278 valence electrons. The van der Waals surface area contributed by atoms with E-state index in [0.29, 0.717) is 42.5 Å². The van der Waals surface area contributed by atoms with Gasteiger partial charge < -0.3 is 74.3 Å². The second-order valence-electron chi connectivity index (χ2n) is 10.8. The Kier molecular flexibility index (Phi) is 24.0. The molecule has 0 bridgehead atoms. The van der Waals surface area contributed by atoms with Gasteiger partial charge in [-0.2, -0.15) is 0 Å². The van der Waals surface area contributed by atoms with E-state index in [1.165, 1.54) is 4.90 Å². The van der Waals surface area contributed by atoms with E-state index >= 15 is 0 Å². The van der Waals surface area contributed by atoms with Crippen molar-refractivity contribution in [2.24, 2.45) is 0 Å². The number of carboxylic acid groups (broad SMARTS) is 6. The number of aliphatic carboxylic acids is 6. The summed E-state index contributed by atoms with van der Waals surface area (Å²) in [5.41, 5.74) is 0. The minimum absolute atomic E-state index is 0.196. The van der Waals surface area contributed by atoms with Crippen molar-refractivity contribution in [1.29, 1.82) is 0 Å². The average molecular weight is 712 g/mol. The minimum Gasteiger partial charge on any atom is -0.545 e. The van der Waals surface area contributed by atoms with Crippen LogP contribution in [-0.2, 0) is 33.5 Å². The third kappa shape index (κ3) is 26.9. The largest absolute Gasteiger partial charge is 0.545 e. The van der Waals surface area contributed by atoms with E-state index in [9.17, 15) is 49.2 Å². The summed E-state index contributed by atoms with van der Waals surface area (Å²) in [6.45, 7) is 13.1. The Bertz CT molecular complexity index is 1140. The van der Waals surface area contributed by atoms with Crippen LogP contribution in [0.15, 0.2) is 66.8 Å². The predicted octanol–water partition coefficient (Wildman–Crippen LogP) is -8.36. The molecule has 3 rings (SSSR count). The highest BCUT2D eigenvalue weighted by atomic mass is 16.5. The van der Waals surface area contributed by atoms with E-state index < -0.39 is 35.8 Å². The number of hydrogen-bond donors (Lipinski definition) is 7. The van der Waals surface area contributed by atoms with E-state index in [1.807, 2.05) is 30.3 Å². The molecular weight excluding hydrogens is 666 g/mol. The second kappa shape index (κ2) is 26.8. The third-order valence-corrected chi connectivity index (χ3v) is 6.87. The van der Waals surface area contributed by atoms with Gasteiger partial charge in [0.2, 0.25) is 0 Å². The molecule has 0 amide bonds. The highest BCUT2D eigenvalue weighted by Gasteiger charge is 2.29. The number of hydrogen-bond acceptors (Lipinski definition) is 12. The van der Waals surface area contributed by atoms with Gasteiger partial charge in [-0.1, -0.05) is 18.2 Å². The van der Waals surface area contributed by atoms with Gasteiger partial charge >= 0.3 is 17.9 Å². The standard InChI is InChI=1S/C20H33N3O3.3C4H4O4/c1-18(17-26-20-5-3-2-4-6-20)23-9-7-21(8-10-23)15-19(24)16-22-11-13-25-14-12-22;3*5-3(6)1-2-4(7)8/h2-6,18-19,24H,7-17H2,1H3;3*1-2H,(H,5,6)(H,7,8)/b;3*2-1+. The van der Waals surface area contributed by atoms with Crippen LogP contribution in [0.2, 0.25) is 0 Å². The van der Waals surface area contributed by atoms with Gasteiger partial charge in [0.1, 0.15) is 70.8 Å². The van der Waals surface area contributed by atoms with Crippen LogP contribution in [0, 0.1) is 0 Å². The topological polar surface area (TPSA) is 284 Å². The van der Waals surface area contributed by atoms with Crippen LogP contribution < -0.4 is 34.8 Å². The molecule has 18 heteroatoms. The zero-order valence-corrected chi connectivity index (χ0v) is 27.6. The van der Waals surface area contributed by atoms with Crippen LogP contribution in [0.25, 0.3) is 0 Å². The van der Waals surface area contributed by atoms with Crippen LogP contribution in [0.5, 0.6) is 5.75 Å². The molecule has 0 saturated carbocycles. The van der Waals surface area contributed by atoms with Crippen molar-refractivity contribution in [1.82, 2.24) is 0 Å². The van der Waals surface area contributed by atoms with Crippen LogP contribution in [-0.4, -0.2) is 141 Å². The number of piperazine rings is 1. The Morgan fingerprint density at radius 2 is 1.10 bits per heavy atom. The number of aliphatic hydroxyl groups excluding tert-OH is 1. The Morgan fingerprint density at radius 3 is 1.46 bits per heavy atom. The number of carbonyl (C=O) groups is 6. The number of nitrogens with one attached hydrogen (secondary N) is 3. The molecule has 7 N–H and O–H groups in total. The molecule has 0 aliphatic carbocycles.